The van der Waals surface area contributed by atoms with Gasteiger partial charge in [-0.1, -0.05) is 0 Å². The summed E-state index contributed by atoms with van der Waals surface area (Å²) in [6.45, 7) is 0. The van der Waals surface area contributed by atoms with Gasteiger partial charge >= 0.3 is 0 Å². The first-order valence-corrected chi connectivity index (χ1v) is 3.08. The zero-order chi connectivity index (χ0) is 8.27. The van der Waals surface area contributed by atoms with Gasteiger partial charge in [-0.3, -0.25) is 0 Å². The zero-order valence-electron chi connectivity index (χ0n) is 5.97. The summed E-state index contributed by atoms with van der Waals surface area (Å²) in [5.74, 6) is 0.536. The summed E-state index contributed by atoms with van der Waals surface area (Å²) in [4.78, 5) is 0. The maximum atomic E-state index is 11.9. The summed E-state index contributed by atoms with van der Waals surface area (Å²) in [5.41, 5.74) is -0.106. The lowest BCUT2D eigenvalue weighted by molar-refractivity contribution is 0.151. The predicted octanol–water partition coefficient (Wildman–Crippen LogP) is 2.43. The molecule has 0 atom stereocenters. The van der Waals surface area contributed by atoms with Gasteiger partial charge < -0.3 is 4.74 Å². The van der Waals surface area contributed by atoms with Crippen LogP contribution in [0.1, 0.15) is 12.0 Å². The number of hydrogen-bond donors (Lipinski definition) is 0. The van der Waals surface area contributed by atoms with E-state index in [1.54, 1.807) is 0 Å². The molecule has 1 aromatic carbocycles. The molecule has 59 valence electrons. The van der Waals surface area contributed by atoms with Crippen LogP contribution >= 0.6 is 0 Å². The van der Waals surface area contributed by atoms with E-state index in [1.807, 2.05) is 0 Å². The maximum Gasteiger partial charge on any atom is 0.264 e. The zero-order valence-corrected chi connectivity index (χ0v) is 5.97. The fraction of sp³-hybridized carbons (Fsp3) is 0.250. The summed E-state index contributed by atoms with van der Waals surface area (Å²) >= 11 is 0. The summed E-state index contributed by atoms with van der Waals surface area (Å²) in [7, 11) is 1.48. The van der Waals surface area contributed by atoms with Crippen LogP contribution in [0.4, 0.5) is 8.78 Å². The van der Waals surface area contributed by atoms with Gasteiger partial charge in [0.25, 0.3) is 6.43 Å². The molecule has 0 aliphatic carbocycles. The van der Waals surface area contributed by atoms with Crippen LogP contribution in [0.2, 0.25) is 0 Å². The van der Waals surface area contributed by atoms with Gasteiger partial charge in [0.05, 0.1) is 7.11 Å². The van der Waals surface area contributed by atoms with Gasteiger partial charge in [-0.15, -0.1) is 0 Å². The topological polar surface area (TPSA) is 9.23 Å². The Labute approximate surface area is 63.6 Å². The van der Waals surface area contributed by atoms with Crippen molar-refractivity contribution in [1.82, 2.24) is 0 Å². The first kappa shape index (κ1) is 7.98. The number of alkyl halides is 2. The van der Waals surface area contributed by atoms with Gasteiger partial charge in [0.15, 0.2) is 0 Å². The molecule has 0 heterocycles. The molecular formula is C8H7F2O. The molecular weight excluding hydrogens is 150 g/mol. The highest BCUT2D eigenvalue weighted by atomic mass is 19.3. The van der Waals surface area contributed by atoms with Crippen LogP contribution in [0.25, 0.3) is 0 Å². The third-order valence-corrected chi connectivity index (χ3v) is 1.28. The van der Waals surface area contributed by atoms with Gasteiger partial charge in [-0.05, 0) is 24.3 Å². The van der Waals surface area contributed by atoms with Crippen molar-refractivity contribution in [2.75, 3.05) is 7.11 Å². The molecule has 0 unspecified atom stereocenters. The van der Waals surface area contributed by atoms with E-state index in [9.17, 15) is 8.78 Å². The molecule has 1 aromatic rings. The quantitative estimate of drug-likeness (QED) is 0.640. The second kappa shape index (κ2) is 3.32. The minimum atomic E-state index is -2.46. The molecule has 0 spiro atoms. The molecule has 0 N–H and O–H groups in total. The smallest absolute Gasteiger partial charge is 0.264 e. The SMILES string of the molecule is COc1c[c]c(C(F)F)cc1. The van der Waals surface area contributed by atoms with Crippen molar-refractivity contribution in [3.05, 3.63) is 29.8 Å². The Hall–Kier alpha value is -1.12. The van der Waals surface area contributed by atoms with Crippen molar-refractivity contribution >= 4 is 0 Å². The summed E-state index contributed by atoms with van der Waals surface area (Å²) in [5, 5.41) is 0. The molecule has 0 amide bonds. The number of benzene rings is 1. The Bertz CT molecular complexity index is 218. The minimum Gasteiger partial charge on any atom is -0.497 e. The van der Waals surface area contributed by atoms with Crippen LogP contribution in [-0.2, 0) is 0 Å². The van der Waals surface area contributed by atoms with Crippen LogP contribution in [0.3, 0.4) is 0 Å². The monoisotopic (exact) mass is 157 g/mol. The van der Waals surface area contributed by atoms with E-state index in [0.717, 1.165) is 0 Å². The van der Waals surface area contributed by atoms with Crippen molar-refractivity contribution < 1.29 is 13.5 Å². The normalized spacial score (nSPS) is 10.2. The van der Waals surface area contributed by atoms with Crippen LogP contribution in [0.15, 0.2) is 18.2 Å². The highest BCUT2D eigenvalue weighted by Crippen LogP contribution is 2.20. The van der Waals surface area contributed by atoms with Crippen molar-refractivity contribution in [1.29, 1.82) is 0 Å². The second-order valence-corrected chi connectivity index (χ2v) is 1.98. The Morgan fingerprint density at radius 2 is 2.18 bits per heavy atom. The molecule has 0 saturated heterocycles. The molecule has 11 heavy (non-hydrogen) atoms. The highest BCUT2D eigenvalue weighted by molar-refractivity contribution is 5.26. The molecule has 3 heteroatoms. The van der Waals surface area contributed by atoms with E-state index < -0.39 is 6.43 Å². The number of hydrogen-bond acceptors (Lipinski definition) is 1. The molecule has 0 aromatic heterocycles. The van der Waals surface area contributed by atoms with Gasteiger partial charge in [0.1, 0.15) is 5.75 Å². The largest absolute Gasteiger partial charge is 0.497 e. The molecule has 1 rings (SSSR count). The predicted molar refractivity (Wildman–Crippen MR) is 36.8 cm³/mol. The molecule has 1 nitrogen and oxygen atoms in total. The van der Waals surface area contributed by atoms with Gasteiger partial charge in [-0.25, -0.2) is 8.78 Å². The molecule has 1 radical (unpaired) electrons. The molecule has 0 aliphatic rings. The van der Waals surface area contributed by atoms with Gasteiger partial charge in [0.2, 0.25) is 0 Å². The maximum absolute atomic E-state index is 11.9. The summed E-state index contributed by atoms with van der Waals surface area (Å²) in [6.07, 6.45) is -2.46. The standard InChI is InChI=1S/C8H7F2O/c1-11-7-4-2-6(3-5-7)8(9)10/h2,4-5,8H,1H3. The molecule has 0 aliphatic heterocycles. The molecule has 0 bridgehead atoms. The Kier molecular flexibility index (Phi) is 2.41. The van der Waals surface area contributed by atoms with Crippen LogP contribution in [-0.4, -0.2) is 7.11 Å². The number of ether oxygens (including phenoxy) is 1. The van der Waals surface area contributed by atoms with E-state index in [0.29, 0.717) is 5.75 Å². The van der Waals surface area contributed by atoms with Crippen LogP contribution in [0.5, 0.6) is 5.75 Å². The van der Waals surface area contributed by atoms with E-state index in [2.05, 4.69) is 6.07 Å². The third kappa shape index (κ3) is 1.90. The van der Waals surface area contributed by atoms with E-state index in [-0.39, 0.29) is 5.56 Å². The van der Waals surface area contributed by atoms with Crippen LogP contribution < -0.4 is 4.74 Å². The number of halogens is 2. The fourth-order valence-corrected chi connectivity index (χ4v) is 0.685. The van der Waals surface area contributed by atoms with Crippen LogP contribution in [0, 0.1) is 6.07 Å². The average molecular weight is 157 g/mol. The van der Waals surface area contributed by atoms with Crippen molar-refractivity contribution in [2.24, 2.45) is 0 Å². The van der Waals surface area contributed by atoms with Crippen molar-refractivity contribution in [3.63, 3.8) is 0 Å². The molecule has 0 fully saturated rings. The minimum absolute atomic E-state index is 0.106. The van der Waals surface area contributed by atoms with Gasteiger partial charge in [0, 0.05) is 5.56 Å². The lowest BCUT2D eigenvalue weighted by atomic mass is 10.2. The van der Waals surface area contributed by atoms with Crippen molar-refractivity contribution in [3.8, 4) is 5.75 Å². The Balaban J connectivity index is 2.83. The summed E-state index contributed by atoms with van der Waals surface area (Å²) in [6, 6.07) is 6.58. The fourth-order valence-electron chi connectivity index (χ4n) is 0.685. The Morgan fingerprint density at radius 1 is 1.45 bits per heavy atom. The third-order valence-electron chi connectivity index (χ3n) is 1.28. The first-order valence-electron chi connectivity index (χ1n) is 3.08. The number of methoxy groups -OCH3 is 1. The summed E-state index contributed by atoms with van der Waals surface area (Å²) < 4.78 is 28.6. The average Bonchev–Trinajstić information content (AvgIpc) is 2.05. The van der Waals surface area contributed by atoms with Gasteiger partial charge in [-0.2, -0.15) is 0 Å². The highest BCUT2D eigenvalue weighted by Gasteiger charge is 2.05. The first-order chi connectivity index (χ1) is 5.24. The van der Waals surface area contributed by atoms with E-state index >= 15 is 0 Å². The lowest BCUT2D eigenvalue weighted by Crippen LogP contribution is -1.85. The van der Waals surface area contributed by atoms with Crippen molar-refractivity contribution in [2.45, 2.75) is 6.43 Å². The number of rotatable bonds is 2. The molecule has 0 saturated carbocycles. The Morgan fingerprint density at radius 3 is 2.55 bits per heavy atom. The van der Waals surface area contributed by atoms with E-state index in [4.69, 9.17) is 4.74 Å². The lowest BCUT2D eigenvalue weighted by Gasteiger charge is -2.00. The van der Waals surface area contributed by atoms with E-state index in [1.165, 1.54) is 25.3 Å². The second-order valence-electron chi connectivity index (χ2n) is 1.98.